The van der Waals surface area contributed by atoms with Gasteiger partial charge in [0.1, 0.15) is 17.7 Å². The molecule has 1 aliphatic heterocycles. The number of hydrogen-bond donors (Lipinski definition) is 1. The number of esters is 1. The summed E-state index contributed by atoms with van der Waals surface area (Å²) in [7, 11) is 1.34. The Morgan fingerprint density at radius 2 is 2.00 bits per heavy atom. The second-order valence-corrected chi connectivity index (χ2v) is 11.9. The molecule has 0 aromatic heterocycles. The molecule has 4 rings (SSSR count). The van der Waals surface area contributed by atoms with E-state index >= 15 is 0 Å². The fourth-order valence-corrected chi connectivity index (χ4v) is 5.74. The first-order chi connectivity index (χ1) is 18.0. The minimum atomic E-state index is -0.802. The van der Waals surface area contributed by atoms with Gasteiger partial charge in [0.15, 0.2) is 0 Å². The zero-order valence-electron chi connectivity index (χ0n) is 23.2. The van der Waals surface area contributed by atoms with E-state index in [2.05, 4.69) is 36.4 Å². The Morgan fingerprint density at radius 1 is 1.26 bits per heavy atom. The van der Waals surface area contributed by atoms with Crippen LogP contribution in [0.2, 0.25) is 0 Å². The van der Waals surface area contributed by atoms with Gasteiger partial charge in [-0.1, -0.05) is 24.1 Å². The third kappa shape index (κ3) is 7.16. The van der Waals surface area contributed by atoms with E-state index in [1.807, 2.05) is 6.26 Å². The van der Waals surface area contributed by atoms with Crippen LogP contribution in [0.15, 0.2) is 18.2 Å². The van der Waals surface area contributed by atoms with Crippen LogP contribution < -0.4 is 5.32 Å². The molecule has 4 aliphatic rings. The largest absolute Gasteiger partial charge is 0.460 e. The molecule has 9 heteroatoms. The molecule has 0 bridgehead atoms. The van der Waals surface area contributed by atoms with Gasteiger partial charge in [0, 0.05) is 12.0 Å². The number of methoxy groups -OCH3 is 1. The summed E-state index contributed by atoms with van der Waals surface area (Å²) >= 11 is 1.58. The van der Waals surface area contributed by atoms with E-state index in [0.717, 1.165) is 12.8 Å². The molecule has 2 amide bonds. The minimum absolute atomic E-state index is 0.0550. The summed E-state index contributed by atoms with van der Waals surface area (Å²) in [4.78, 5) is 39.1. The monoisotopic (exact) mass is 544 g/mol. The molecule has 38 heavy (non-hydrogen) atoms. The Balaban J connectivity index is 0.000000483. The summed E-state index contributed by atoms with van der Waals surface area (Å²) < 4.78 is 16.1. The molecular weight excluding hydrogens is 504 g/mol. The number of terminal acetylenes is 1. The summed E-state index contributed by atoms with van der Waals surface area (Å²) in [5.74, 6) is 2.81. The predicted molar refractivity (Wildman–Crippen MR) is 149 cm³/mol. The van der Waals surface area contributed by atoms with Gasteiger partial charge in [-0.15, -0.1) is 6.42 Å². The fourth-order valence-electron chi connectivity index (χ4n) is 5.27. The van der Waals surface area contributed by atoms with Gasteiger partial charge in [-0.25, -0.2) is 14.4 Å². The van der Waals surface area contributed by atoms with E-state index in [1.54, 1.807) is 37.4 Å². The topological polar surface area (TPSA) is 94.2 Å². The van der Waals surface area contributed by atoms with Crippen LogP contribution in [0.5, 0.6) is 0 Å². The van der Waals surface area contributed by atoms with Crippen molar-refractivity contribution in [1.82, 2.24) is 10.2 Å². The quantitative estimate of drug-likeness (QED) is 0.305. The standard InChI is InChI=1S/C22H34N2O6S.C7H6/c1-7-14-13-15-17(24(14)21(27)28-5)9-8-10-18(15)29-19(25)16(11-12-31-6)23-20(26)30-22(2,3)4;1-5-4-6-2-3-7(5)6/h1,14-18H,8-13H2,2-6H3,(H,23,26);2-4H,1H3/t14?,15-,16?,17-,18+;/m1./s1. The molecule has 0 aromatic carbocycles. The number of hydrogen-bond acceptors (Lipinski definition) is 7. The number of fused-ring (bicyclic) bond motifs is 2. The molecule has 208 valence electrons. The molecule has 1 heterocycles. The van der Waals surface area contributed by atoms with Crippen LogP contribution in [0.25, 0.3) is 11.1 Å². The van der Waals surface area contributed by atoms with Gasteiger partial charge in [-0.2, -0.15) is 11.8 Å². The maximum atomic E-state index is 13.0. The van der Waals surface area contributed by atoms with E-state index in [-0.39, 0.29) is 24.1 Å². The van der Waals surface area contributed by atoms with Gasteiger partial charge in [0.05, 0.1) is 13.2 Å². The SMILES string of the molecule is C#CC1C[C@H]2[C@@H](OC(=O)C(CCSC)NC(=O)OC(C)(C)C)CCC[C@H]2N1C(=O)OC.Cc1cc2ccc1-2. The highest BCUT2D eigenvalue weighted by molar-refractivity contribution is 7.98. The van der Waals surface area contributed by atoms with Gasteiger partial charge in [-0.3, -0.25) is 4.90 Å². The fraction of sp³-hybridized carbons (Fsp3) is 0.621. The van der Waals surface area contributed by atoms with Crippen molar-refractivity contribution in [2.75, 3.05) is 19.1 Å². The van der Waals surface area contributed by atoms with Crippen molar-refractivity contribution in [2.45, 2.75) is 89.6 Å². The van der Waals surface area contributed by atoms with Crippen molar-refractivity contribution in [1.29, 1.82) is 0 Å². The molecule has 2 fully saturated rings. The number of nitrogens with zero attached hydrogens (tertiary/aromatic N) is 1. The highest BCUT2D eigenvalue weighted by Gasteiger charge is 2.50. The van der Waals surface area contributed by atoms with Crippen LogP contribution >= 0.6 is 11.8 Å². The summed E-state index contributed by atoms with van der Waals surface area (Å²) in [6, 6.07) is 5.20. The Labute approximate surface area is 230 Å². The van der Waals surface area contributed by atoms with Crippen molar-refractivity contribution >= 4 is 29.9 Å². The van der Waals surface area contributed by atoms with Crippen LogP contribution in [-0.4, -0.2) is 72.0 Å². The summed E-state index contributed by atoms with van der Waals surface area (Å²) in [6.07, 6.45) is 9.40. The van der Waals surface area contributed by atoms with Gasteiger partial charge in [-0.05, 0) is 88.5 Å². The average Bonchev–Trinajstić information content (AvgIpc) is 3.23. The number of amides is 2. The Hall–Kier alpha value is -2.86. The minimum Gasteiger partial charge on any atom is -0.460 e. The molecule has 0 radical (unpaired) electrons. The van der Waals surface area contributed by atoms with Crippen molar-refractivity contribution in [3.05, 3.63) is 23.8 Å². The third-order valence-electron chi connectivity index (χ3n) is 7.12. The number of thioether (sulfide) groups is 1. The second-order valence-electron chi connectivity index (χ2n) is 10.9. The molecule has 0 aromatic rings. The molecular formula is C29H40N2O6S. The van der Waals surface area contributed by atoms with Crippen molar-refractivity contribution in [3.63, 3.8) is 0 Å². The number of alkyl carbamates (subject to hydrolysis) is 1. The molecule has 8 nitrogen and oxygen atoms in total. The molecule has 2 unspecified atom stereocenters. The lowest BCUT2D eigenvalue weighted by Crippen LogP contribution is -2.49. The molecule has 3 aliphatic carbocycles. The van der Waals surface area contributed by atoms with E-state index < -0.39 is 29.8 Å². The Kier molecular flexibility index (Phi) is 10.00. The third-order valence-corrected chi connectivity index (χ3v) is 7.76. The maximum absolute atomic E-state index is 13.0. The number of ether oxygens (including phenoxy) is 3. The van der Waals surface area contributed by atoms with Crippen LogP contribution in [0.1, 0.15) is 58.4 Å². The molecule has 1 saturated carbocycles. The summed E-state index contributed by atoms with van der Waals surface area (Å²) in [6.45, 7) is 7.43. The van der Waals surface area contributed by atoms with Crippen molar-refractivity contribution in [3.8, 4) is 23.5 Å². The second kappa shape index (κ2) is 12.8. The Bertz CT molecular complexity index is 1060. The number of benzene rings is 1. The number of nitrogens with one attached hydrogen (secondary N) is 1. The molecule has 0 spiro atoms. The van der Waals surface area contributed by atoms with E-state index in [4.69, 9.17) is 20.6 Å². The maximum Gasteiger partial charge on any atom is 0.410 e. The summed E-state index contributed by atoms with van der Waals surface area (Å²) in [5.41, 5.74) is 3.69. The highest BCUT2D eigenvalue weighted by atomic mass is 32.2. The van der Waals surface area contributed by atoms with Gasteiger partial charge >= 0.3 is 18.2 Å². The number of carbonyl (C=O) groups is 3. The first-order valence-electron chi connectivity index (χ1n) is 13.1. The van der Waals surface area contributed by atoms with Gasteiger partial charge in [0.25, 0.3) is 0 Å². The average molecular weight is 545 g/mol. The lowest BCUT2D eigenvalue weighted by molar-refractivity contribution is -0.156. The lowest BCUT2D eigenvalue weighted by Gasteiger charge is -2.36. The van der Waals surface area contributed by atoms with Crippen LogP contribution in [-0.2, 0) is 19.0 Å². The molecule has 1 N–H and O–H groups in total. The zero-order chi connectivity index (χ0) is 28.0. The Morgan fingerprint density at radius 3 is 2.47 bits per heavy atom. The summed E-state index contributed by atoms with van der Waals surface area (Å²) in [5, 5.41) is 2.65. The number of likely N-dealkylation sites (tertiary alicyclic amines) is 1. The van der Waals surface area contributed by atoms with E-state index in [1.165, 1.54) is 23.8 Å². The number of rotatable bonds is 6. The normalized spacial score (nSPS) is 23.6. The van der Waals surface area contributed by atoms with Gasteiger partial charge in [0.2, 0.25) is 0 Å². The van der Waals surface area contributed by atoms with Crippen LogP contribution in [0.4, 0.5) is 9.59 Å². The van der Waals surface area contributed by atoms with Crippen molar-refractivity contribution < 1.29 is 28.6 Å². The smallest absolute Gasteiger partial charge is 0.410 e. The zero-order valence-corrected chi connectivity index (χ0v) is 24.1. The lowest BCUT2D eigenvalue weighted by atomic mass is 9.82. The number of carbonyl (C=O) groups excluding carboxylic acids is 3. The predicted octanol–water partition coefficient (Wildman–Crippen LogP) is 5.16. The van der Waals surface area contributed by atoms with E-state index in [9.17, 15) is 14.4 Å². The molecule has 1 saturated heterocycles. The number of aryl methyl sites for hydroxylation is 1. The first-order valence-corrected chi connectivity index (χ1v) is 14.5. The first kappa shape index (κ1) is 29.7. The van der Waals surface area contributed by atoms with Gasteiger partial charge < -0.3 is 19.5 Å². The van der Waals surface area contributed by atoms with Crippen LogP contribution in [0, 0.1) is 25.2 Å². The highest BCUT2D eigenvalue weighted by Crippen LogP contribution is 2.41. The van der Waals surface area contributed by atoms with Crippen LogP contribution in [0.3, 0.4) is 0 Å². The molecule has 5 atom stereocenters. The van der Waals surface area contributed by atoms with Crippen molar-refractivity contribution in [2.24, 2.45) is 5.92 Å². The van der Waals surface area contributed by atoms with E-state index in [0.29, 0.717) is 25.0 Å².